The van der Waals surface area contributed by atoms with Gasteiger partial charge in [0, 0.05) is 55.7 Å². The molecule has 0 aromatic heterocycles. The van der Waals surface area contributed by atoms with Crippen LogP contribution in [0.4, 0.5) is 11.4 Å². The second-order valence-electron chi connectivity index (χ2n) is 9.67. The monoisotopic (exact) mass is 754 g/mol. The summed E-state index contributed by atoms with van der Waals surface area (Å²) in [5, 5.41) is 3.77. The maximum atomic E-state index is 13.9. The first-order valence-corrected chi connectivity index (χ1v) is 15.2. The van der Waals surface area contributed by atoms with Crippen molar-refractivity contribution < 1.29 is 27.2 Å². The summed E-state index contributed by atoms with van der Waals surface area (Å²) in [5.41, 5.74) is 3.99. The minimum Gasteiger partial charge on any atom is -0.277 e. The van der Waals surface area contributed by atoms with Crippen LogP contribution in [0.1, 0.15) is 21.5 Å². The van der Waals surface area contributed by atoms with E-state index < -0.39 is 7.92 Å². The number of amides is 1. The maximum Gasteiger partial charge on any atom is 0.262 e. The average molecular weight is 755 g/mol. The average Bonchev–Trinajstić information content (AvgIpc) is 3.07. The van der Waals surface area contributed by atoms with Crippen molar-refractivity contribution in [1.82, 2.24) is 0 Å². The van der Waals surface area contributed by atoms with E-state index in [4.69, 9.17) is 0 Å². The van der Waals surface area contributed by atoms with Gasteiger partial charge < -0.3 is 0 Å². The molecule has 1 amide bonds. The van der Waals surface area contributed by atoms with Crippen LogP contribution in [0.25, 0.3) is 0 Å². The largest absolute Gasteiger partial charge is 0.277 e. The molecule has 43 heavy (non-hydrogen) atoms. The second-order valence-corrected chi connectivity index (χ2v) is 11.9. The summed E-state index contributed by atoms with van der Waals surface area (Å²) in [7, 11) is -0.787. The van der Waals surface area contributed by atoms with Crippen LogP contribution in [0.2, 0.25) is 0 Å². The van der Waals surface area contributed by atoms with E-state index in [1.807, 2.05) is 91.0 Å². The fraction of sp³-hybridized carbons (Fsp3) is 0. The normalized spacial score (nSPS) is 10.3. The summed E-state index contributed by atoms with van der Waals surface area (Å²) in [4.78, 5) is 15.7. The molecule has 2 nitrogen and oxygen atoms in total. The molecule has 0 saturated heterocycles. The Bertz CT molecular complexity index is 1770. The van der Waals surface area contributed by atoms with Gasteiger partial charge in [-0.05, 0) is 67.1 Å². The molecular formula is C39H28AuNOP. The number of rotatable bonds is 6. The van der Waals surface area contributed by atoms with Crippen molar-refractivity contribution in [3.63, 3.8) is 0 Å². The van der Waals surface area contributed by atoms with E-state index in [1.165, 1.54) is 15.9 Å². The zero-order chi connectivity index (χ0) is 28.6. The molecule has 0 N–H and O–H groups in total. The fourth-order valence-electron chi connectivity index (χ4n) is 4.89. The number of para-hydroxylation sites is 2. The van der Waals surface area contributed by atoms with Crippen LogP contribution < -0.4 is 20.8 Å². The van der Waals surface area contributed by atoms with Gasteiger partial charge in [0.25, 0.3) is 5.91 Å². The maximum absolute atomic E-state index is 13.9. The van der Waals surface area contributed by atoms with E-state index in [0.717, 1.165) is 22.5 Å². The van der Waals surface area contributed by atoms with Gasteiger partial charge in [-0.1, -0.05) is 133 Å². The minimum atomic E-state index is -0.787. The summed E-state index contributed by atoms with van der Waals surface area (Å²) in [6, 6.07) is 56.7. The Morgan fingerprint density at radius 2 is 1.00 bits per heavy atom. The van der Waals surface area contributed by atoms with Gasteiger partial charge in [0.2, 0.25) is 0 Å². The van der Waals surface area contributed by atoms with Gasteiger partial charge in [0.1, 0.15) is 0 Å². The zero-order valence-corrected chi connectivity index (χ0v) is 26.3. The van der Waals surface area contributed by atoms with Crippen LogP contribution in [0.3, 0.4) is 0 Å². The van der Waals surface area contributed by atoms with Crippen LogP contribution >= 0.6 is 7.92 Å². The van der Waals surface area contributed by atoms with Crippen molar-refractivity contribution in [1.29, 1.82) is 0 Å². The number of nitrogens with zero attached hydrogens (tertiary/aromatic N) is 1. The minimum absolute atomic E-state index is 0. The van der Waals surface area contributed by atoms with Crippen LogP contribution in [-0.4, -0.2) is 5.91 Å². The molecule has 0 bridgehead atoms. The summed E-state index contributed by atoms with van der Waals surface area (Å²) >= 11 is 0. The van der Waals surface area contributed by atoms with E-state index in [2.05, 4.69) is 90.7 Å². The predicted molar refractivity (Wildman–Crippen MR) is 177 cm³/mol. The number of benzene rings is 6. The smallest absolute Gasteiger partial charge is 0.262 e. The van der Waals surface area contributed by atoms with Gasteiger partial charge in [0.15, 0.2) is 0 Å². The molecule has 211 valence electrons. The van der Waals surface area contributed by atoms with Crippen molar-refractivity contribution in [3.8, 4) is 11.8 Å². The second kappa shape index (κ2) is 14.6. The molecule has 0 heterocycles. The first-order chi connectivity index (χ1) is 20.8. The molecule has 0 aliphatic rings. The standard InChI is InChI=1S/C39H28NOP.Au/c41-39(40(34-19-5-1-6-20-34)35-21-7-2-8-22-35)33-18-15-16-31(30-33)28-29-32-17-13-14-27-38(32)42(36-23-9-3-10-24-36)37-25-11-4-12-26-37;/h1-27,30H;. The van der Waals surface area contributed by atoms with E-state index in [1.54, 1.807) is 4.90 Å². The molecule has 0 aliphatic heterocycles. The summed E-state index contributed by atoms with van der Waals surface area (Å²) in [5.74, 6) is 6.71. The Kier molecular flexibility index (Phi) is 10.2. The summed E-state index contributed by atoms with van der Waals surface area (Å²) < 4.78 is 0. The van der Waals surface area contributed by atoms with E-state index in [9.17, 15) is 4.79 Å². The topological polar surface area (TPSA) is 20.3 Å². The number of carbonyl (C=O) groups excluding carboxylic acids is 1. The van der Waals surface area contributed by atoms with E-state index in [-0.39, 0.29) is 28.3 Å². The van der Waals surface area contributed by atoms with Crippen LogP contribution in [0.15, 0.2) is 170 Å². The van der Waals surface area contributed by atoms with Gasteiger partial charge >= 0.3 is 0 Å². The molecule has 0 atom stereocenters. The molecule has 6 rings (SSSR count). The Hall–Kier alpha value is -4.48. The first kappa shape index (κ1) is 30.0. The van der Waals surface area contributed by atoms with Crippen molar-refractivity contribution in [3.05, 3.63) is 187 Å². The van der Waals surface area contributed by atoms with Crippen molar-refractivity contribution in [2.24, 2.45) is 0 Å². The molecule has 6 aromatic carbocycles. The molecule has 6 aromatic rings. The Balaban J connectivity index is 0.00000368. The molecule has 0 spiro atoms. The van der Waals surface area contributed by atoms with Crippen molar-refractivity contribution in [2.45, 2.75) is 0 Å². The number of hydrogen-bond donors (Lipinski definition) is 0. The van der Waals surface area contributed by atoms with Gasteiger partial charge in [-0.3, -0.25) is 9.69 Å². The molecule has 0 fully saturated rings. The quantitative estimate of drug-likeness (QED) is 0.0966. The number of hydrogen-bond acceptors (Lipinski definition) is 1. The molecular weight excluding hydrogens is 726 g/mol. The van der Waals surface area contributed by atoms with E-state index >= 15 is 0 Å². The zero-order valence-electron chi connectivity index (χ0n) is 23.3. The molecule has 0 unspecified atom stereocenters. The van der Waals surface area contributed by atoms with Crippen LogP contribution in [0, 0.1) is 11.8 Å². The van der Waals surface area contributed by atoms with E-state index in [0.29, 0.717) is 5.56 Å². The Morgan fingerprint density at radius 3 is 1.56 bits per heavy atom. The SMILES string of the molecule is O=C(c1cccc(C#Cc2ccccc2P(c2ccccc2)c2ccccc2)c1)N(c1ccccc1)c1ccccc1.[Au]. The van der Waals surface area contributed by atoms with Gasteiger partial charge in [-0.25, -0.2) is 0 Å². The third kappa shape index (κ3) is 7.12. The molecule has 4 heteroatoms. The predicted octanol–water partition coefficient (Wildman–Crippen LogP) is 7.82. The Labute approximate surface area is 270 Å². The number of carbonyl (C=O) groups is 1. The van der Waals surface area contributed by atoms with Gasteiger partial charge in [0.05, 0.1) is 0 Å². The third-order valence-corrected chi connectivity index (χ3v) is 9.36. The third-order valence-electron chi connectivity index (χ3n) is 6.86. The van der Waals surface area contributed by atoms with Gasteiger partial charge in [-0.15, -0.1) is 0 Å². The summed E-state index contributed by atoms with van der Waals surface area (Å²) in [6.45, 7) is 0. The molecule has 0 saturated carbocycles. The van der Waals surface area contributed by atoms with Crippen LogP contribution in [0.5, 0.6) is 0 Å². The molecule has 0 aliphatic carbocycles. The Morgan fingerprint density at radius 1 is 0.512 bits per heavy atom. The molecule has 1 radical (unpaired) electrons. The van der Waals surface area contributed by atoms with Gasteiger partial charge in [-0.2, -0.15) is 0 Å². The fourth-order valence-corrected chi connectivity index (χ4v) is 7.29. The van der Waals surface area contributed by atoms with Crippen molar-refractivity contribution >= 4 is 41.1 Å². The number of anilines is 2. The van der Waals surface area contributed by atoms with Crippen LogP contribution in [-0.2, 0) is 22.4 Å². The first-order valence-electron chi connectivity index (χ1n) is 13.8. The summed E-state index contributed by atoms with van der Waals surface area (Å²) in [6.07, 6.45) is 0. The van der Waals surface area contributed by atoms with Crippen molar-refractivity contribution in [2.75, 3.05) is 4.90 Å².